The van der Waals surface area contributed by atoms with Crippen LogP contribution in [0.1, 0.15) is 6.92 Å². The second-order valence-corrected chi connectivity index (χ2v) is 4.25. The van der Waals surface area contributed by atoms with E-state index in [4.69, 9.17) is 9.47 Å². The van der Waals surface area contributed by atoms with E-state index in [1.807, 2.05) is 25.1 Å². The molecule has 5 heteroatoms. The molecule has 2 rings (SSSR count). The standard InChI is InChI=1S/C16H17F2NO2/c1-2-20-14-8-3-4-9-15(14)21-11-10-19-16-12(17)6-5-7-13(16)18/h3-9,19H,2,10-11H2,1H3. The van der Waals surface area contributed by atoms with Crippen LogP contribution in [0.4, 0.5) is 14.5 Å². The third-order valence-electron chi connectivity index (χ3n) is 2.77. The highest BCUT2D eigenvalue weighted by Gasteiger charge is 2.07. The Balaban J connectivity index is 1.88. The first-order valence-electron chi connectivity index (χ1n) is 6.75. The predicted octanol–water partition coefficient (Wildman–Crippen LogP) is 3.85. The summed E-state index contributed by atoms with van der Waals surface area (Å²) in [5, 5.41) is 2.69. The van der Waals surface area contributed by atoms with Crippen molar-refractivity contribution in [2.75, 3.05) is 25.1 Å². The molecule has 0 aliphatic heterocycles. The van der Waals surface area contributed by atoms with Crippen molar-refractivity contribution in [2.45, 2.75) is 6.92 Å². The fourth-order valence-corrected chi connectivity index (χ4v) is 1.85. The molecule has 0 saturated carbocycles. The molecule has 0 aliphatic carbocycles. The molecule has 0 fully saturated rings. The Bertz CT molecular complexity index is 570. The summed E-state index contributed by atoms with van der Waals surface area (Å²) in [6.45, 7) is 2.97. The van der Waals surface area contributed by atoms with Crippen molar-refractivity contribution in [3.63, 3.8) is 0 Å². The summed E-state index contributed by atoms with van der Waals surface area (Å²) in [5.74, 6) is 0.0154. The summed E-state index contributed by atoms with van der Waals surface area (Å²) in [6.07, 6.45) is 0. The van der Waals surface area contributed by atoms with Crippen molar-refractivity contribution in [1.82, 2.24) is 0 Å². The lowest BCUT2D eigenvalue weighted by Gasteiger charge is -2.13. The topological polar surface area (TPSA) is 30.5 Å². The van der Waals surface area contributed by atoms with Gasteiger partial charge in [0.2, 0.25) is 0 Å². The van der Waals surface area contributed by atoms with Crippen molar-refractivity contribution in [3.8, 4) is 11.5 Å². The van der Waals surface area contributed by atoms with E-state index in [0.717, 1.165) is 0 Å². The molecular weight excluding hydrogens is 276 g/mol. The third kappa shape index (κ3) is 4.08. The maximum Gasteiger partial charge on any atom is 0.161 e. The summed E-state index contributed by atoms with van der Waals surface area (Å²) in [5.41, 5.74) is -0.140. The van der Waals surface area contributed by atoms with Crippen molar-refractivity contribution in [3.05, 3.63) is 54.1 Å². The smallest absolute Gasteiger partial charge is 0.161 e. The van der Waals surface area contributed by atoms with E-state index in [1.165, 1.54) is 18.2 Å². The van der Waals surface area contributed by atoms with Gasteiger partial charge in [-0.1, -0.05) is 18.2 Å². The van der Waals surface area contributed by atoms with E-state index < -0.39 is 11.6 Å². The maximum absolute atomic E-state index is 13.4. The zero-order valence-electron chi connectivity index (χ0n) is 11.7. The first-order chi connectivity index (χ1) is 10.2. The molecule has 0 saturated heterocycles. The number of para-hydroxylation sites is 3. The molecule has 0 atom stereocenters. The van der Waals surface area contributed by atoms with Crippen LogP contribution in [0.25, 0.3) is 0 Å². The number of hydrogen-bond donors (Lipinski definition) is 1. The minimum Gasteiger partial charge on any atom is -0.490 e. The fraction of sp³-hybridized carbons (Fsp3) is 0.250. The maximum atomic E-state index is 13.4. The second kappa shape index (κ2) is 7.47. The molecule has 0 radical (unpaired) electrons. The number of hydrogen-bond acceptors (Lipinski definition) is 3. The van der Waals surface area contributed by atoms with Crippen molar-refractivity contribution >= 4 is 5.69 Å². The molecule has 1 N–H and O–H groups in total. The van der Waals surface area contributed by atoms with Crippen LogP contribution >= 0.6 is 0 Å². The molecule has 2 aromatic carbocycles. The lowest BCUT2D eigenvalue weighted by molar-refractivity contribution is 0.284. The monoisotopic (exact) mass is 293 g/mol. The molecule has 0 unspecified atom stereocenters. The SMILES string of the molecule is CCOc1ccccc1OCCNc1c(F)cccc1F. The van der Waals surface area contributed by atoms with E-state index in [2.05, 4.69) is 5.32 Å². The number of rotatable bonds is 7. The number of ether oxygens (including phenoxy) is 2. The highest BCUT2D eigenvalue weighted by Crippen LogP contribution is 2.26. The normalized spacial score (nSPS) is 10.2. The summed E-state index contributed by atoms with van der Waals surface area (Å²) in [7, 11) is 0. The molecule has 0 bridgehead atoms. The summed E-state index contributed by atoms with van der Waals surface area (Å²) in [4.78, 5) is 0. The zero-order chi connectivity index (χ0) is 15.1. The van der Waals surface area contributed by atoms with Gasteiger partial charge in [0.05, 0.1) is 6.61 Å². The first kappa shape index (κ1) is 15.1. The zero-order valence-corrected chi connectivity index (χ0v) is 11.7. The Morgan fingerprint density at radius 3 is 2.14 bits per heavy atom. The van der Waals surface area contributed by atoms with Crippen molar-refractivity contribution < 1.29 is 18.3 Å². The minimum atomic E-state index is -0.621. The summed E-state index contributed by atoms with van der Waals surface area (Å²) in [6, 6.07) is 11.0. The quantitative estimate of drug-likeness (QED) is 0.786. The molecule has 3 nitrogen and oxygen atoms in total. The van der Waals surface area contributed by atoms with E-state index in [9.17, 15) is 8.78 Å². The van der Waals surface area contributed by atoms with Gasteiger partial charge in [0.15, 0.2) is 11.5 Å². The molecule has 0 aromatic heterocycles. The molecule has 0 aliphatic rings. The van der Waals surface area contributed by atoms with E-state index in [1.54, 1.807) is 6.07 Å². The number of nitrogens with one attached hydrogen (secondary N) is 1. The van der Waals surface area contributed by atoms with Gasteiger partial charge < -0.3 is 14.8 Å². The van der Waals surface area contributed by atoms with Crippen molar-refractivity contribution in [2.24, 2.45) is 0 Å². The number of benzene rings is 2. The van der Waals surface area contributed by atoms with Crippen LogP contribution < -0.4 is 14.8 Å². The average Bonchev–Trinajstić information content (AvgIpc) is 2.48. The van der Waals surface area contributed by atoms with Crippen LogP contribution in [0.15, 0.2) is 42.5 Å². The molecular formula is C16H17F2NO2. The molecule has 21 heavy (non-hydrogen) atoms. The number of halogens is 2. The third-order valence-corrected chi connectivity index (χ3v) is 2.77. The van der Waals surface area contributed by atoms with E-state index >= 15 is 0 Å². The Kier molecular flexibility index (Phi) is 5.37. The highest BCUT2D eigenvalue weighted by molar-refractivity contribution is 5.46. The molecule has 0 spiro atoms. The van der Waals surface area contributed by atoms with E-state index in [-0.39, 0.29) is 18.8 Å². The predicted molar refractivity (Wildman–Crippen MR) is 78.0 cm³/mol. The molecule has 0 heterocycles. The second-order valence-electron chi connectivity index (χ2n) is 4.25. The summed E-state index contributed by atoms with van der Waals surface area (Å²) < 4.78 is 37.8. The van der Waals surface area contributed by atoms with Crippen LogP contribution in [0, 0.1) is 11.6 Å². The Hall–Kier alpha value is -2.30. The Labute approximate surface area is 122 Å². The van der Waals surface area contributed by atoms with Gasteiger partial charge in [-0.25, -0.2) is 8.78 Å². The van der Waals surface area contributed by atoms with E-state index in [0.29, 0.717) is 18.1 Å². The molecule has 112 valence electrons. The van der Waals surface area contributed by atoms with Gasteiger partial charge in [-0.2, -0.15) is 0 Å². The largest absolute Gasteiger partial charge is 0.490 e. The van der Waals surface area contributed by atoms with Crippen LogP contribution in [-0.2, 0) is 0 Å². The van der Waals surface area contributed by atoms with Gasteiger partial charge in [0, 0.05) is 6.54 Å². The fourth-order valence-electron chi connectivity index (χ4n) is 1.85. The average molecular weight is 293 g/mol. The van der Waals surface area contributed by atoms with Crippen LogP contribution in [0.5, 0.6) is 11.5 Å². The number of anilines is 1. The van der Waals surface area contributed by atoms with Gasteiger partial charge in [-0.05, 0) is 31.2 Å². The van der Waals surface area contributed by atoms with Gasteiger partial charge >= 0.3 is 0 Å². The Morgan fingerprint density at radius 2 is 1.52 bits per heavy atom. The molecule has 2 aromatic rings. The van der Waals surface area contributed by atoms with Crippen LogP contribution in [0.3, 0.4) is 0 Å². The minimum absolute atomic E-state index is 0.140. The van der Waals surface area contributed by atoms with Gasteiger partial charge in [-0.3, -0.25) is 0 Å². The molecule has 0 amide bonds. The van der Waals surface area contributed by atoms with Gasteiger partial charge in [0.25, 0.3) is 0 Å². The van der Waals surface area contributed by atoms with Crippen LogP contribution in [0.2, 0.25) is 0 Å². The Morgan fingerprint density at radius 1 is 0.905 bits per heavy atom. The first-order valence-corrected chi connectivity index (χ1v) is 6.75. The lowest BCUT2D eigenvalue weighted by Crippen LogP contribution is -2.13. The lowest BCUT2D eigenvalue weighted by atomic mass is 10.3. The summed E-state index contributed by atoms with van der Waals surface area (Å²) >= 11 is 0. The van der Waals surface area contributed by atoms with Gasteiger partial charge in [0.1, 0.15) is 23.9 Å². The highest BCUT2D eigenvalue weighted by atomic mass is 19.1. The van der Waals surface area contributed by atoms with Crippen LogP contribution in [-0.4, -0.2) is 19.8 Å². The van der Waals surface area contributed by atoms with Crippen molar-refractivity contribution in [1.29, 1.82) is 0 Å². The van der Waals surface area contributed by atoms with Gasteiger partial charge in [-0.15, -0.1) is 0 Å².